The Morgan fingerprint density at radius 2 is 2.05 bits per heavy atom. The summed E-state index contributed by atoms with van der Waals surface area (Å²) in [7, 11) is 0. The molecule has 2 heterocycles. The fourth-order valence-corrected chi connectivity index (χ4v) is 2.67. The van der Waals surface area contributed by atoms with Crippen LogP contribution in [0.5, 0.6) is 0 Å². The van der Waals surface area contributed by atoms with Crippen molar-refractivity contribution in [1.29, 1.82) is 0 Å². The van der Waals surface area contributed by atoms with Gasteiger partial charge in [-0.3, -0.25) is 9.36 Å². The highest BCUT2D eigenvalue weighted by atomic mass is 16.2. The summed E-state index contributed by atoms with van der Waals surface area (Å²) in [4.78, 5) is 30.3. The number of carbonyl (C=O) groups excluding carboxylic acids is 2. The van der Waals surface area contributed by atoms with Gasteiger partial charge < -0.3 is 10.2 Å². The average molecular weight is 298 g/mol. The maximum atomic E-state index is 12.4. The molecule has 1 aliphatic heterocycles. The van der Waals surface area contributed by atoms with E-state index in [4.69, 9.17) is 0 Å². The number of piperidine rings is 1. The summed E-state index contributed by atoms with van der Waals surface area (Å²) in [6, 6.07) is 9.25. The summed E-state index contributed by atoms with van der Waals surface area (Å²) in [5.74, 6) is -0.212. The third-order valence-electron chi connectivity index (χ3n) is 3.83. The van der Waals surface area contributed by atoms with Gasteiger partial charge in [-0.25, -0.2) is 9.78 Å². The number of hydrogen-bond acceptors (Lipinski definition) is 3. The fourth-order valence-electron chi connectivity index (χ4n) is 2.67. The molecule has 0 radical (unpaired) electrons. The number of anilines is 1. The predicted octanol–water partition coefficient (Wildman–Crippen LogP) is 2.20. The van der Waals surface area contributed by atoms with E-state index >= 15 is 0 Å². The van der Waals surface area contributed by atoms with Crippen LogP contribution in [0.1, 0.15) is 12.8 Å². The molecular weight excluding hydrogens is 280 g/mol. The van der Waals surface area contributed by atoms with Gasteiger partial charge in [-0.2, -0.15) is 0 Å². The van der Waals surface area contributed by atoms with Gasteiger partial charge in [-0.1, -0.05) is 18.2 Å². The quantitative estimate of drug-likeness (QED) is 0.924. The molecule has 1 aromatic carbocycles. The average Bonchev–Trinajstić information content (AvgIpc) is 3.09. The van der Waals surface area contributed by atoms with Gasteiger partial charge in [0.25, 0.3) is 0 Å². The van der Waals surface area contributed by atoms with Gasteiger partial charge in [0, 0.05) is 31.2 Å². The zero-order valence-corrected chi connectivity index (χ0v) is 12.2. The highest BCUT2D eigenvalue weighted by molar-refractivity contribution is 5.93. The lowest BCUT2D eigenvalue weighted by Crippen LogP contribution is -2.45. The Bertz CT molecular complexity index is 639. The molecule has 6 nitrogen and oxygen atoms in total. The Morgan fingerprint density at radius 1 is 1.23 bits per heavy atom. The van der Waals surface area contributed by atoms with Crippen molar-refractivity contribution in [3.63, 3.8) is 0 Å². The van der Waals surface area contributed by atoms with E-state index in [1.54, 1.807) is 17.3 Å². The molecule has 2 amide bonds. The summed E-state index contributed by atoms with van der Waals surface area (Å²) in [5.41, 5.74) is 0.783. The second kappa shape index (κ2) is 6.43. The number of likely N-dealkylation sites (tertiary alicyclic amines) is 1. The smallest absolute Gasteiger partial charge is 0.326 e. The number of aromatic nitrogens is 2. The van der Waals surface area contributed by atoms with Crippen molar-refractivity contribution < 1.29 is 9.59 Å². The molecule has 114 valence electrons. The molecule has 3 rings (SSSR count). The number of benzene rings is 1. The minimum Gasteiger partial charge on any atom is -0.326 e. The highest BCUT2D eigenvalue weighted by Gasteiger charge is 2.29. The van der Waals surface area contributed by atoms with Gasteiger partial charge in [0.15, 0.2) is 0 Å². The van der Waals surface area contributed by atoms with Crippen LogP contribution in [0, 0.1) is 5.92 Å². The molecule has 1 atom stereocenters. The maximum Gasteiger partial charge on any atom is 0.329 e. The zero-order valence-electron chi connectivity index (χ0n) is 12.2. The first-order valence-corrected chi connectivity index (χ1v) is 7.37. The minimum absolute atomic E-state index is 0.0330. The number of nitrogens with zero attached hydrogens (tertiary/aromatic N) is 3. The molecule has 22 heavy (non-hydrogen) atoms. The third kappa shape index (κ3) is 3.16. The van der Waals surface area contributed by atoms with Crippen LogP contribution in [-0.2, 0) is 4.79 Å². The van der Waals surface area contributed by atoms with Gasteiger partial charge in [0.2, 0.25) is 5.91 Å². The van der Waals surface area contributed by atoms with E-state index in [-0.39, 0.29) is 17.9 Å². The number of imidazole rings is 1. The Kier molecular flexibility index (Phi) is 4.18. The monoisotopic (exact) mass is 298 g/mol. The van der Waals surface area contributed by atoms with Gasteiger partial charge >= 0.3 is 6.03 Å². The van der Waals surface area contributed by atoms with E-state index in [1.807, 2.05) is 30.3 Å². The number of amides is 2. The van der Waals surface area contributed by atoms with Gasteiger partial charge in [0.1, 0.15) is 6.33 Å². The second-order valence-corrected chi connectivity index (χ2v) is 5.39. The number of hydrogen-bond donors (Lipinski definition) is 1. The van der Waals surface area contributed by atoms with Crippen molar-refractivity contribution in [2.45, 2.75) is 12.8 Å². The fraction of sp³-hybridized carbons (Fsp3) is 0.312. The molecule has 1 N–H and O–H groups in total. The molecule has 1 fully saturated rings. The highest BCUT2D eigenvalue weighted by Crippen LogP contribution is 2.19. The summed E-state index contributed by atoms with van der Waals surface area (Å²) in [6.45, 7) is 1.11. The minimum atomic E-state index is -0.179. The number of para-hydroxylation sites is 1. The summed E-state index contributed by atoms with van der Waals surface area (Å²) < 4.78 is 1.44. The molecular formula is C16H18N4O2. The van der Waals surface area contributed by atoms with Crippen LogP contribution in [0.4, 0.5) is 10.5 Å². The topological polar surface area (TPSA) is 67.2 Å². The SMILES string of the molecule is O=C(Nc1ccccc1)C1CCCN(C(=O)n2ccnc2)C1. The van der Waals surface area contributed by atoms with Crippen LogP contribution in [-0.4, -0.2) is 39.5 Å². The molecule has 0 spiro atoms. The summed E-state index contributed by atoms with van der Waals surface area (Å²) in [6.07, 6.45) is 6.30. The Labute approximate surface area is 128 Å². The summed E-state index contributed by atoms with van der Waals surface area (Å²) in [5, 5.41) is 2.91. The van der Waals surface area contributed by atoms with Crippen molar-refractivity contribution in [1.82, 2.24) is 14.5 Å². The van der Waals surface area contributed by atoms with Crippen LogP contribution in [0.3, 0.4) is 0 Å². The lowest BCUT2D eigenvalue weighted by Gasteiger charge is -2.31. The van der Waals surface area contributed by atoms with Gasteiger partial charge in [0.05, 0.1) is 5.92 Å². The van der Waals surface area contributed by atoms with Crippen LogP contribution in [0.2, 0.25) is 0 Å². The molecule has 6 heteroatoms. The normalized spacial score (nSPS) is 18.0. The number of nitrogens with one attached hydrogen (secondary N) is 1. The third-order valence-corrected chi connectivity index (χ3v) is 3.83. The number of rotatable bonds is 2. The Hall–Kier alpha value is -2.63. The Balaban J connectivity index is 1.63. The molecule has 1 aliphatic rings. The predicted molar refractivity (Wildman–Crippen MR) is 82.4 cm³/mol. The largest absolute Gasteiger partial charge is 0.329 e. The summed E-state index contributed by atoms with van der Waals surface area (Å²) >= 11 is 0. The zero-order chi connectivity index (χ0) is 15.4. The van der Waals surface area contributed by atoms with E-state index in [9.17, 15) is 9.59 Å². The molecule has 1 unspecified atom stereocenters. The van der Waals surface area contributed by atoms with Crippen molar-refractivity contribution in [3.8, 4) is 0 Å². The molecule has 1 aromatic heterocycles. The van der Waals surface area contributed by atoms with Gasteiger partial charge in [-0.05, 0) is 25.0 Å². The van der Waals surface area contributed by atoms with Crippen LogP contribution >= 0.6 is 0 Å². The molecule has 2 aromatic rings. The van der Waals surface area contributed by atoms with Crippen molar-refractivity contribution >= 4 is 17.6 Å². The van der Waals surface area contributed by atoms with Crippen molar-refractivity contribution in [3.05, 3.63) is 49.1 Å². The van der Waals surface area contributed by atoms with Crippen LogP contribution < -0.4 is 5.32 Å². The van der Waals surface area contributed by atoms with Gasteiger partial charge in [-0.15, -0.1) is 0 Å². The van der Waals surface area contributed by atoms with Crippen LogP contribution in [0.15, 0.2) is 49.1 Å². The molecule has 0 bridgehead atoms. The lowest BCUT2D eigenvalue weighted by atomic mass is 9.97. The molecule has 0 aliphatic carbocycles. The lowest BCUT2D eigenvalue weighted by molar-refractivity contribution is -0.121. The van der Waals surface area contributed by atoms with Crippen molar-refractivity contribution in [2.75, 3.05) is 18.4 Å². The maximum absolute atomic E-state index is 12.4. The van der Waals surface area contributed by atoms with E-state index in [1.165, 1.54) is 10.9 Å². The van der Waals surface area contributed by atoms with E-state index in [0.29, 0.717) is 13.1 Å². The first kappa shape index (κ1) is 14.3. The first-order valence-electron chi connectivity index (χ1n) is 7.37. The molecule has 0 saturated carbocycles. The number of carbonyl (C=O) groups is 2. The standard InChI is InChI=1S/C16H18N4O2/c21-15(18-14-6-2-1-3-7-14)13-5-4-9-19(11-13)16(22)20-10-8-17-12-20/h1-3,6-8,10,12-13H,4-5,9,11H2,(H,18,21). The van der Waals surface area contributed by atoms with Crippen LogP contribution in [0.25, 0.3) is 0 Å². The first-order chi connectivity index (χ1) is 10.7. The van der Waals surface area contributed by atoms with E-state index in [2.05, 4.69) is 10.3 Å². The van der Waals surface area contributed by atoms with Crippen molar-refractivity contribution in [2.24, 2.45) is 5.92 Å². The Morgan fingerprint density at radius 3 is 2.77 bits per heavy atom. The molecule has 1 saturated heterocycles. The second-order valence-electron chi connectivity index (χ2n) is 5.39. The van der Waals surface area contributed by atoms with E-state index in [0.717, 1.165) is 18.5 Å². The van der Waals surface area contributed by atoms with E-state index < -0.39 is 0 Å².